The molecule has 2 N–H and O–H groups in total. The van der Waals surface area contributed by atoms with E-state index in [1.165, 1.54) is 4.90 Å². The quantitative estimate of drug-likeness (QED) is 0.625. The number of aliphatic hydroxyl groups excluding tert-OH is 2. The van der Waals surface area contributed by atoms with Crippen molar-refractivity contribution in [3.05, 3.63) is 0 Å². The van der Waals surface area contributed by atoms with Gasteiger partial charge in [-0.25, -0.2) is 0 Å². The van der Waals surface area contributed by atoms with Gasteiger partial charge in [0.2, 0.25) is 6.41 Å². The van der Waals surface area contributed by atoms with Crippen LogP contribution in [0, 0.1) is 0 Å². The van der Waals surface area contributed by atoms with Crippen LogP contribution in [-0.2, 0) is 9.53 Å². The van der Waals surface area contributed by atoms with Crippen molar-refractivity contribution in [1.82, 2.24) is 4.90 Å². The average Bonchev–Trinajstić information content (AvgIpc) is 2.20. The number of aliphatic hydroxyl groups is 2. The molecule has 0 heterocycles. The van der Waals surface area contributed by atoms with E-state index in [-0.39, 0.29) is 13.2 Å². The minimum Gasteiger partial charge on any atom is -0.394 e. The fourth-order valence-electron chi connectivity index (χ4n) is 0.204. The summed E-state index contributed by atoms with van der Waals surface area (Å²) in [5.74, 6) is 0. The molecule has 0 radical (unpaired) electrons. The molecule has 0 aliphatic heterocycles. The molecule has 0 atom stereocenters. The minimum atomic E-state index is -0.125. The maximum absolute atomic E-state index is 9.43. The van der Waals surface area contributed by atoms with Crippen LogP contribution in [0.1, 0.15) is 13.8 Å². The van der Waals surface area contributed by atoms with E-state index in [0.29, 0.717) is 0 Å². The Morgan fingerprint density at radius 3 is 1.43 bits per heavy atom. The Morgan fingerprint density at radius 1 is 1.14 bits per heavy atom. The lowest BCUT2D eigenvalue weighted by atomic mass is 10.8. The molecule has 0 aliphatic rings. The van der Waals surface area contributed by atoms with E-state index in [1.54, 1.807) is 14.1 Å². The third-order valence-corrected chi connectivity index (χ3v) is 0.719. The minimum absolute atomic E-state index is 0.125. The molecule has 0 unspecified atom stereocenters. The highest BCUT2D eigenvalue weighted by Gasteiger charge is 1.68. The van der Waals surface area contributed by atoms with Gasteiger partial charge in [0.05, 0.1) is 13.2 Å². The molecule has 5 nitrogen and oxygen atoms in total. The first-order valence-electron chi connectivity index (χ1n) is 4.51. The van der Waals surface area contributed by atoms with Crippen molar-refractivity contribution in [2.24, 2.45) is 0 Å². The standard InChI is InChI=1S/C4H10O.C3H7NO.C2H6O2/c1-3-5-4-2;1-4(2)3-5;3-1-2-4/h3-4H2,1-2H3;3H,1-2H3;3-4H,1-2H2. The lowest BCUT2D eigenvalue weighted by molar-refractivity contribution is -0.115. The summed E-state index contributed by atoms with van der Waals surface area (Å²) in [5, 5.41) is 15.2. The molecule has 0 saturated carbocycles. The smallest absolute Gasteiger partial charge is 0.209 e. The average molecular weight is 209 g/mol. The van der Waals surface area contributed by atoms with Gasteiger partial charge in [-0.1, -0.05) is 0 Å². The van der Waals surface area contributed by atoms with Crippen LogP contribution in [0.4, 0.5) is 0 Å². The molecule has 0 saturated heterocycles. The highest BCUT2D eigenvalue weighted by Crippen LogP contribution is 1.64. The molecule has 0 spiro atoms. The fourth-order valence-corrected chi connectivity index (χ4v) is 0.204. The fraction of sp³-hybridized carbons (Fsp3) is 0.889. The molecule has 0 aromatic carbocycles. The van der Waals surface area contributed by atoms with Crippen LogP contribution in [0.3, 0.4) is 0 Å². The van der Waals surface area contributed by atoms with Gasteiger partial charge in [-0.15, -0.1) is 0 Å². The van der Waals surface area contributed by atoms with Gasteiger partial charge in [-0.05, 0) is 13.8 Å². The van der Waals surface area contributed by atoms with E-state index in [4.69, 9.17) is 14.9 Å². The summed E-state index contributed by atoms with van der Waals surface area (Å²) < 4.78 is 4.83. The summed E-state index contributed by atoms with van der Waals surface area (Å²) in [6.07, 6.45) is 0.750. The first-order valence-corrected chi connectivity index (χ1v) is 4.51. The van der Waals surface area contributed by atoms with Gasteiger partial charge in [0, 0.05) is 27.3 Å². The second-order valence-electron chi connectivity index (χ2n) is 2.30. The second kappa shape index (κ2) is 22.8. The first-order chi connectivity index (χ1) is 6.60. The third-order valence-electron chi connectivity index (χ3n) is 0.719. The van der Waals surface area contributed by atoms with Crippen molar-refractivity contribution in [2.75, 3.05) is 40.5 Å². The Balaban J connectivity index is -0.000000131. The summed E-state index contributed by atoms with van der Waals surface area (Å²) >= 11 is 0. The van der Waals surface area contributed by atoms with Gasteiger partial charge in [0.25, 0.3) is 0 Å². The van der Waals surface area contributed by atoms with Crippen molar-refractivity contribution in [3.8, 4) is 0 Å². The Bertz CT molecular complexity index is 84.9. The summed E-state index contributed by atoms with van der Waals surface area (Å²) in [5.41, 5.74) is 0. The van der Waals surface area contributed by atoms with E-state index in [0.717, 1.165) is 19.6 Å². The summed E-state index contributed by atoms with van der Waals surface area (Å²) in [7, 11) is 3.38. The van der Waals surface area contributed by atoms with Crippen molar-refractivity contribution in [3.63, 3.8) is 0 Å². The molecular formula is C9H23NO4. The Morgan fingerprint density at radius 2 is 1.43 bits per heavy atom. The number of carbonyl (C=O) groups is 1. The molecule has 0 bridgehead atoms. The number of rotatable bonds is 4. The van der Waals surface area contributed by atoms with E-state index in [2.05, 4.69) is 0 Å². The molecule has 0 fully saturated rings. The van der Waals surface area contributed by atoms with Crippen molar-refractivity contribution < 1.29 is 19.7 Å². The number of ether oxygens (including phenoxy) is 1. The van der Waals surface area contributed by atoms with Crippen LogP contribution in [0.15, 0.2) is 0 Å². The number of hydrogen-bond donors (Lipinski definition) is 2. The molecule has 0 aromatic rings. The van der Waals surface area contributed by atoms with Crippen LogP contribution in [0.5, 0.6) is 0 Å². The van der Waals surface area contributed by atoms with Crippen molar-refractivity contribution in [1.29, 1.82) is 0 Å². The SMILES string of the molecule is CCOCC.CN(C)C=O.OCCO. The number of hydrogen-bond acceptors (Lipinski definition) is 4. The van der Waals surface area contributed by atoms with E-state index in [1.807, 2.05) is 13.8 Å². The van der Waals surface area contributed by atoms with Gasteiger partial charge in [-0.3, -0.25) is 4.79 Å². The Kier molecular flexibility index (Phi) is 31.0. The number of nitrogens with zero attached hydrogens (tertiary/aromatic N) is 1. The van der Waals surface area contributed by atoms with Crippen molar-refractivity contribution in [2.45, 2.75) is 13.8 Å². The number of amides is 1. The molecule has 88 valence electrons. The lowest BCUT2D eigenvalue weighted by Crippen LogP contribution is -2.06. The van der Waals surface area contributed by atoms with Crippen LogP contribution >= 0.6 is 0 Å². The lowest BCUT2D eigenvalue weighted by Gasteiger charge is -1.93. The second-order valence-corrected chi connectivity index (χ2v) is 2.30. The highest BCUT2D eigenvalue weighted by atomic mass is 16.5. The zero-order valence-corrected chi connectivity index (χ0v) is 9.56. The zero-order valence-electron chi connectivity index (χ0n) is 9.56. The number of carbonyl (C=O) groups excluding carboxylic acids is 1. The summed E-state index contributed by atoms with van der Waals surface area (Å²) in [4.78, 5) is 10.9. The topological polar surface area (TPSA) is 70.0 Å². The van der Waals surface area contributed by atoms with Gasteiger partial charge in [0.1, 0.15) is 0 Å². The molecule has 1 amide bonds. The first kappa shape index (κ1) is 19.0. The predicted octanol–water partition coefficient (Wildman–Crippen LogP) is -0.282. The summed E-state index contributed by atoms with van der Waals surface area (Å²) in [6.45, 7) is 5.42. The van der Waals surface area contributed by atoms with Crippen LogP contribution in [0.2, 0.25) is 0 Å². The molecule has 0 aliphatic carbocycles. The summed E-state index contributed by atoms with van der Waals surface area (Å²) in [6, 6.07) is 0. The van der Waals surface area contributed by atoms with Gasteiger partial charge >= 0.3 is 0 Å². The van der Waals surface area contributed by atoms with Gasteiger partial charge < -0.3 is 19.8 Å². The molecule has 5 heteroatoms. The van der Waals surface area contributed by atoms with Crippen molar-refractivity contribution >= 4 is 6.41 Å². The maximum Gasteiger partial charge on any atom is 0.209 e. The van der Waals surface area contributed by atoms with E-state index < -0.39 is 0 Å². The molecule has 14 heavy (non-hydrogen) atoms. The Labute approximate surface area is 86.3 Å². The highest BCUT2D eigenvalue weighted by molar-refractivity contribution is 5.45. The molecule has 0 rings (SSSR count). The van der Waals surface area contributed by atoms with Gasteiger partial charge in [0.15, 0.2) is 0 Å². The maximum atomic E-state index is 9.43. The molecule has 0 aromatic heterocycles. The van der Waals surface area contributed by atoms with E-state index in [9.17, 15) is 4.79 Å². The molecular weight excluding hydrogens is 186 g/mol. The monoisotopic (exact) mass is 209 g/mol. The predicted molar refractivity (Wildman–Crippen MR) is 56.1 cm³/mol. The van der Waals surface area contributed by atoms with Crippen LogP contribution in [-0.4, -0.2) is 62.0 Å². The third kappa shape index (κ3) is 64.3. The van der Waals surface area contributed by atoms with E-state index >= 15 is 0 Å². The zero-order chi connectivity index (χ0) is 11.8. The van der Waals surface area contributed by atoms with Crippen LogP contribution < -0.4 is 0 Å². The normalized spacial score (nSPS) is 7.57. The van der Waals surface area contributed by atoms with Crippen LogP contribution in [0.25, 0.3) is 0 Å². The van der Waals surface area contributed by atoms with Gasteiger partial charge in [-0.2, -0.15) is 0 Å². The Hall–Kier alpha value is -0.650. The largest absolute Gasteiger partial charge is 0.394 e.